The summed E-state index contributed by atoms with van der Waals surface area (Å²) in [5.41, 5.74) is 2.50. The van der Waals surface area contributed by atoms with Crippen LogP contribution in [0.5, 0.6) is 0 Å². The maximum atomic E-state index is 11.3. The van der Waals surface area contributed by atoms with E-state index in [9.17, 15) is 4.79 Å². The van der Waals surface area contributed by atoms with E-state index in [1.807, 2.05) is 36.4 Å². The van der Waals surface area contributed by atoms with Gasteiger partial charge in [0, 0.05) is 18.4 Å². The highest BCUT2D eigenvalue weighted by Crippen LogP contribution is 2.24. The fraction of sp³-hybridized carbons (Fsp3) is 0.222. The van der Waals surface area contributed by atoms with Gasteiger partial charge in [0.15, 0.2) is 0 Å². The highest BCUT2D eigenvalue weighted by atomic mass is 35.5. The van der Waals surface area contributed by atoms with Crippen molar-refractivity contribution in [2.75, 3.05) is 0 Å². The van der Waals surface area contributed by atoms with Gasteiger partial charge in [-0.2, -0.15) is 0 Å². The number of nitrogens with zero attached hydrogens (tertiary/aromatic N) is 1. The van der Waals surface area contributed by atoms with Crippen molar-refractivity contribution in [3.63, 3.8) is 0 Å². The van der Waals surface area contributed by atoms with Gasteiger partial charge in [0.1, 0.15) is 12.4 Å². The smallest absolute Gasteiger partial charge is 0.142 e. The van der Waals surface area contributed by atoms with Crippen molar-refractivity contribution in [3.05, 3.63) is 69.7 Å². The second-order valence-corrected chi connectivity index (χ2v) is 5.94. The number of hydrogen-bond acceptors (Lipinski definition) is 3. The van der Waals surface area contributed by atoms with Crippen molar-refractivity contribution in [1.82, 2.24) is 0 Å². The predicted octanol–water partition coefficient (Wildman–Crippen LogP) is 5.28. The Morgan fingerprint density at radius 2 is 1.78 bits per heavy atom. The van der Waals surface area contributed by atoms with E-state index in [2.05, 4.69) is 5.16 Å². The fourth-order valence-corrected chi connectivity index (χ4v) is 2.27. The van der Waals surface area contributed by atoms with E-state index in [-0.39, 0.29) is 5.78 Å². The molecule has 0 radical (unpaired) electrons. The van der Waals surface area contributed by atoms with Crippen LogP contribution >= 0.6 is 23.2 Å². The molecule has 23 heavy (non-hydrogen) atoms. The van der Waals surface area contributed by atoms with Crippen LogP contribution in [0.25, 0.3) is 0 Å². The number of oxime groups is 1. The zero-order valence-electron chi connectivity index (χ0n) is 12.8. The van der Waals surface area contributed by atoms with Crippen LogP contribution in [-0.4, -0.2) is 11.5 Å². The van der Waals surface area contributed by atoms with Gasteiger partial charge >= 0.3 is 0 Å². The Morgan fingerprint density at radius 1 is 1.04 bits per heavy atom. The first-order valence-electron chi connectivity index (χ1n) is 7.24. The summed E-state index contributed by atoms with van der Waals surface area (Å²) in [6.45, 7) is 1.92. The van der Waals surface area contributed by atoms with E-state index in [1.165, 1.54) is 0 Å². The second kappa shape index (κ2) is 8.70. The van der Waals surface area contributed by atoms with Crippen LogP contribution in [0.15, 0.2) is 53.7 Å². The normalized spacial score (nSPS) is 11.3. The number of halogens is 2. The Balaban J connectivity index is 2.13. The molecule has 0 aromatic heterocycles. The minimum Gasteiger partial charge on any atom is -0.391 e. The molecule has 0 spiro atoms. The highest BCUT2D eigenvalue weighted by Gasteiger charge is 2.09. The Kier molecular flexibility index (Phi) is 6.63. The Hall–Kier alpha value is -1.84. The van der Waals surface area contributed by atoms with E-state index < -0.39 is 0 Å². The standard InChI is InChI=1S/C18H17Cl2NO2/c1-13(22)7-10-18(15-8-9-16(19)17(20)11-15)21-23-12-14-5-3-2-4-6-14/h2-6,8-9,11H,7,10,12H2,1H3. The number of carbonyl (C=O) groups is 1. The fourth-order valence-electron chi connectivity index (χ4n) is 1.97. The summed E-state index contributed by atoms with van der Waals surface area (Å²) in [5.74, 6) is 0.0980. The topological polar surface area (TPSA) is 38.7 Å². The molecule has 0 unspecified atom stereocenters. The molecule has 2 aromatic carbocycles. The summed E-state index contributed by atoms with van der Waals surface area (Å²) in [7, 11) is 0. The number of hydrogen-bond donors (Lipinski definition) is 0. The van der Waals surface area contributed by atoms with E-state index >= 15 is 0 Å². The molecule has 0 atom stereocenters. The quantitative estimate of drug-likeness (QED) is 0.503. The average molecular weight is 350 g/mol. The van der Waals surface area contributed by atoms with Crippen molar-refractivity contribution < 1.29 is 9.63 Å². The average Bonchev–Trinajstić information content (AvgIpc) is 2.54. The second-order valence-electron chi connectivity index (χ2n) is 5.13. The molecule has 0 aliphatic carbocycles. The maximum absolute atomic E-state index is 11.3. The van der Waals surface area contributed by atoms with Gasteiger partial charge in [-0.05, 0) is 24.6 Å². The molecule has 0 saturated carbocycles. The molecule has 0 amide bonds. The van der Waals surface area contributed by atoms with Crippen LogP contribution in [0.3, 0.4) is 0 Å². The first-order valence-corrected chi connectivity index (χ1v) is 7.99. The van der Waals surface area contributed by atoms with Crippen molar-refractivity contribution in [3.8, 4) is 0 Å². The SMILES string of the molecule is CC(=O)CCC(=NOCc1ccccc1)c1ccc(Cl)c(Cl)c1. The molecule has 0 aliphatic rings. The highest BCUT2D eigenvalue weighted by molar-refractivity contribution is 6.42. The minimum atomic E-state index is 0.0980. The Morgan fingerprint density at radius 3 is 2.43 bits per heavy atom. The van der Waals surface area contributed by atoms with E-state index in [1.54, 1.807) is 19.1 Å². The molecular weight excluding hydrogens is 333 g/mol. The molecule has 3 nitrogen and oxygen atoms in total. The molecule has 2 aromatic rings. The lowest BCUT2D eigenvalue weighted by atomic mass is 10.0. The molecule has 0 saturated heterocycles. The monoisotopic (exact) mass is 349 g/mol. The summed E-state index contributed by atoms with van der Waals surface area (Å²) in [4.78, 5) is 16.7. The lowest BCUT2D eigenvalue weighted by Crippen LogP contribution is -2.05. The van der Waals surface area contributed by atoms with Gasteiger partial charge in [-0.15, -0.1) is 0 Å². The van der Waals surface area contributed by atoms with Gasteiger partial charge in [-0.1, -0.05) is 64.8 Å². The minimum absolute atomic E-state index is 0.0980. The number of carbonyl (C=O) groups excluding carboxylic acids is 1. The van der Waals surface area contributed by atoms with E-state index in [4.69, 9.17) is 28.0 Å². The molecule has 0 aliphatic heterocycles. The molecule has 0 fully saturated rings. The first-order chi connectivity index (χ1) is 11.1. The third-order valence-corrected chi connectivity index (χ3v) is 3.95. The number of Topliss-reactive ketones (excluding diaryl/α,β-unsaturated/α-hetero) is 1. The van der Waals surface area contributed by atoms with Crippen LogP contribution in [0.1, 0.15) is 30.9 Å². The lowest BCUT2D eigenvalue weighted by Gasteiger charge is -2.08. The third kappa shape index (κ3) is 5.70. The molecular formula is C18H17Cl2NO2. The van der Waals surface area contributed by atoms with Crippen LogP contribution in [0.2, 0.25) is 10.0 Å². The number of benzene rings is 2. The Bertz CT molecular complexity index is 699. The van der Waals surface area contributed by atoms with Crippen molar-refractivity contribution >= 4 is 34.7 Å². The van der Waals surface area contributed by atoms with E-state index in [0.29, 0.717) is 35.2 Å². The van der Waals surface area contributed by atoms with Gasteiger partial charge in [0.05, 0.1) is 15.8 Å². The zero-order valence-corrected chi connectivity index (χ0v) is 14.3. The van der Waals surface area contributed by atoms with Gasteiger partial charge < -0.3 is 9.63 Å². The predicted molar refractivity (Wildman–Crippen MR) is 94.1 cm³/mol. The van der Waals surface area contributed by atoms with Gasteiger partial charge in [-0.3, -0.25) is 0 Å². The summed E-state index contributed by atoms with van der Waals surface area (Å²) in [5, 5.41) is 5.12. The summed E-state index contributed by atoms with van der Waals surface area (Å²) in [6.07, 6.45) is 0.885. The third-order valence-electron chi connectivity index (χ3n) is 3.22. The first kappa shape index (κ1) is 17.5. The van der Waals surface area contributed by atoms with Crippen molar-refractivity contribution in [2.24, 2.45) is 5.16 Å². The summed E-state index contributed by atoms with van der Waals surface area (Å²) >= 11 is 12.0. The lowest BCUT2D eigenvalue weighted by molar-refractivity contribution is -0.116. The van der Waals surface area contributed by atoms with Gasteiger partial charge in [0.25, 0.3) is 0 Å². The van der Waals surface area contributed by atoms with Crippen molar-refractivity contribution in [2.45, 2.75) is 26.4 Å². The van der Waals surface area contributed by atoms with Crippen LogP contribution in [0.4, 0.5) is 0 Å². The molecule has 0 heterocycles. The Labute approximate surface area is 145 Å². The summed E-state index contributed by atoms with van der Waals surface area (Å²) < 4.78 is 0. The van der Waals surface area contributed by atoms with Gasteiger partial charge in [-0.25, -0.2) is 0 Å². The van der Waals surface area contributed by atoms with Crippen LogP contribution in [-0.2, 0) is 16.2 Å². The molecule has 0 N–H and O–H groups in total. The molecule has 120 valence electrons. The molecule has 0 bridgehead atoms. The number of rotatable bonds is 7. The number of ketones is 1. The van der Waals surface area contributed by atoms with Crippen LogP contribution in [0, 0.1) is 0 Å². The molecule has 5 heteroatoms. The van der Waals surface area contributed by atoms with Gasteiger partial charge in [0.2, 0.25) is 0 Å². The maximum Gasteiger partial charge on any atom is 0.142 e. The van der Waals surface area contributed by atoms with E-state index in [0.717, 1.165) is 11.1 Å². The van der Waals surface area contributed by atoms with Crippen LogP contribution < -0.4 is 0 Å². The summed E-state index contributed by atoms with van der Waals surface area (Å²) in [6, 6.07) is 15.0. The zero-order chi connectivity index (χ0) is 16.7. The molecule has 2 rings (SSSR count). The largest absolute Gasteiger partial charge is 0.391 e. The van der Waals surface area contributed by atoms with Crippen molar-refractivity contribution in [1.29, 1.82) is 0 Å².